The van der Waals surface area contributed by atoms with Crippen molar-refractivity contribution in [1.82, 2.24) is 4.90 Å². The number of benzene rings is 1. The van der Waals surface area contributed by atoms with Crippen molar-refractivity contribution in [1.29, 1.82) is 0 Å². The molecule has 0 amide bonds. The quantitative estimate of drug-likeness (QED) is 0.929. The number of nitrogens with zero attached hydrogens (tertiary/aromatic N) is 1. The third-order valence-electron chi connectivity index (χ3n) is 3.54. The van der Waals surface area contributed by atoms with Gasteiger partial charge in [-0.25, -0.2) is 0 Å². The van der Waals surface area contributed by atoms with E-state index in [-0.39, 0.29) is 5.92 Å². The number of likely N-dealkylation sites (tertiary alicyclic amines) is 1. The average Bonchev–Trinajstić information content (AvgIpc) is 2.38. The van der Waals surface area contributed by atoms with Crippen LogP contribution >= 0.6 is 0 Å². The van der Waals surface area contributed by atoms with Gasteiger partial charge in [-0.3, -0.25) is 9.69 Å². The predicted molar refractivity (Wildman–Crippen MR) is 67.1 cm³/mol. The van der Waals surface area contributed by atoms with Gasteiger partial charge in [-0.2, -0.15) is 13.2 Å². The molecule has 1 fully saturated rings. The molecule has 1 aromatic rings. The largest absolute Gasteiger partial charge is 0.481 e. The fourth-order valence-corrected chi connectivity index (χ4v) is 2.46. The number of halogens is 3. The zero-order valence-electron chi connectivity index (χ0n) is 10.9. The van der Waals surface area contributed by atoms with Crippen molar-refractivity contribution in [3.8, 4) is 0 Å². The van der Waals surface area contributed by atoms with Gasteiger partial charge in [0.2, 0.25) is 0 Å². The summed E-state index contributed by atoms with van der Waals surface area (Å²) in [5.41, 5.74) is 0.104. The minimum atomic E-state index is -4.32. The summed E-state index contributed by atoms with van der Waals surface area (Å²) in [4.78, 5) is 12.9. The molecule has 1 heterocycles. The molecule has 0 aromatic heterocycles. The molecule has 0 bridgehead atoms. The molecule has 20 heavy (non-hydrogen) atoms. The molecule has 1 aliphatic rings. The number of aliphatic carboxylic acids is 1. The van der Waals surface area contributed by atoms with Crippen LogP contribution in [0.3, 0.4) is 0 Å². The Labute approximate surface area is 115 Å². The molecule has 0 saturated carbocycles. The van der Waals surface area contributed by atoms with Crippen LogP contribution in [0.1, 0.15) is 24.0 Å². The second kappa shape index (κ2) is 5.83. The van der Waals surface area contributed by atoms with E-state index in [1.54, 1.807) is 0 Å². The number of piperidine rings is 1. The Morgan fingerprint density at radius 2 is 1.95 bits per heavy atom. The number of carboxylic acid groups (broad SMARTS) is 1. The number of hydrogen-bond acceptors (Lipinski definition) is 2. The Kier molecular flexibility index (Phi) is 4.32. The summed E-state index contributed by atoms with van der Waals surface area (Å²) in [5, 5.41) is 9.00. The van der Waals surface area contributed by atoms with E-state index in [1.807, 2.05) is 4.90 Å². The van der Waals surface area contributed by atoms with E-state index in [1.165, 1.54) is 12.1 Å². The highest BCUT2D eigenvalue weighted by atomic mass is 19.4. The second-order valence-corrected chi connectivity index (χ2v) is 5.11. The summed E-state index contributed by atoms with van der Waals surface area (Å²) in [6.45, 7) is 1.73. The van der Waals surface area contributed by atoms with E-state index in [9.17, 15) is 18.0 Å². The lowest BCUT2D eigenvalue weighted by atomic mass is 9.98. The van der Waals surface area contributed by atoms with Crippen molar-refractivity contribution in [2.24, 2.45) is 5.92 Å². The van der Waals surface area contributed by atoms with Crippen LogP contribution in [-0.2, 0) is 17.5 Å². The lowest BCUT2D eigenvalue weighted by Gasteiger charge is -2.30. The van der Waals surface area contributed by atoms with Crippen molar-refractivity contribution in [3.05, 3.63) is 35.4 Å². The first-order chi connectivity index (χ1) is 9.36. The van der Waals surface area contributed by atoms with Crippen molar-refractivity contribution in [3.63, 3.8) is 0 Å². The highest BCUT2D eigenvalue weighted by Gasteiger charge is 2.30. The lowest BCUT2D eigenvalue weighted by molar-refractivity contribution is -0.143. The minimum Gasteiger partial charge on any atom is -0.481 e. The van der Waals surface area contributed by atoms with Gasteiger partial charge in [-0.1, -0.05) is 12.1 Å². The molecule has 1 aromatic carbocycles. The number of carbonyl (C=O) groups is 1. The molecule has 0 spiro atoms. The summed E-state index contributed by atoms with van der Waals surface area (Å²) in [7, 11) is 0. The van der Waals surface area contributed by atoms with Crippen LogP contribution in [0.25, 0.3) is 0 Å². The predicted octanol–water partition coefficient (Wildman–Crippen LogP) is 3.00. The van der Waals surface area contributed by atoms with E-state index >= 15 is 0 Å². The zero-order chi connectivity index (χ0) is 14.8. The summed E-state index contributed by atoms with van der Waals surface area (Å²) < 4.78 is 37.3. The molecule has 0 aliphatic carbocycles. The highest BCUT2D eigenvalue weighted by molar-refractivity contribution is 5.70. The Bertz CT molecular complexity index is 470. The first-order valence-corrected chi connectivity index (χ1v) is 6.47. The van der Waals surface area contributed by atoms with Gasteiger partial charge in [0.05, 0.1) is 11.5 Å². The van der Waals surface area contributed by atoms with E-state index in [2.05, 4.69) is 0 Å². The second-order valence-electron chi connectivity index (χ2n) is 5.11. The molecule has 110 valence electrons. The average molecular weight is 287 g/mol. The number of carboxylic acids is 1. The highest BCUT2D eigenvalue weighted by Crippen LogP contribution is 2.29. The van der Waals surface area contributed by atoms with E-state index in [4.69, 9.17) is 5.11 Å². The van der Waals surface area contributed by atoms with Crippen molar-refractivity contribution >= 4 is 5.97 Å². The van der Waals surface area contributed by atoms with Crippen molar-refractivity contribution < 1.29 is 23.1 Å². The van der Waals surface area contributed by atoms with Gasteiger partial charge in [0, 0.05) is 13.1 Å². The van der Waals surface area contributed by atoms with Crippen LogP contribution in [-0.4, -0.2) is 29.1 Å². The molecule has 3 nitrogen and oxygen atoms in total. The third kappa shape index (κ3) is 3.72. The molecule has 1 atom stereocenters. The molecule has 1 aliphatic heterocycles. The molecular weight excluding hydrogens is 271 g/mol. The van der Waals surface area contributed by atoms with Crippen LogP contribution in [0.5, 0.6) is 0 Å². The Hall–Kier alpha value is -1.56. The summed E-state index contributed by atoms with van der Waals surface area (Å²) in [6, 6.07) is 5.03. The standard InChI is InChI=1S/C14H16F3NO2/c15-14(16,17)12-5-3-10(4-6-12)8-18-7-1-2-11(9-18)13(19)20/h3-6,11H,1-2,7-9H2,(H,19,20)/t11-/m0/s1. The fourth-order valence-electron chi connectivity index (χ4n) is 2.46. The Balaban J connectivity index is 1.98. The van der Waals surface area contributed by atoms with E-state index < -0.39 is 17.7 Å². The number of rotatable bonds is 3. The Morgan fingerprint density at radius 1 is 1.30 bits per heavy atom. The number of hydrogen-bond donors (Lipinski definition) is 1. The zero-order valence-corrected chi connectivity index (χ0v) is 10.9. The molecule has 1 saturated heterocycles. The van der Waals surface area contributed by atoms with Crippen LogP contribution in [0.2, 0.25) is 0 Å². The molecule has 2 rings (SSSR count). The molecule has 1 N–H and O–H groups in total. The normalized spacial score (nSPS) is 20.9. The van der Waals surface area contributed by atoms with Crippen LogP contribution < -0.4 is 0 Å². The van der Waals surface area contributed by atoms with Gasteiger partial charge in [0.1, 0.15) is 0 Å². The van der Waals surface area contributed by atoms with Crippen LogP contribution in [0.4, 0.5) is 13.2 Å². The summed E-state index contributed by atoms with van der Waals surface area (Å²) in [5.74, 6) is -1.18. The van der Waals surface area contributed by atoms with Gasteiger partial charge >= 0.3 is 12.1 Å². The lowest BCUT2D eigenvalue weighted by Crippen LogP contribution is -2.38. The van der Waals surface area contributed by atoms with E-state index in [0.29, 0.717) is 19.5 Å². The Morgan fingerprint density at radius 3 is 2.50 bits per heavy atom. The van der Waals surface area contributed by atoms with Gasteiger partial charge < -0.3 is 5.11 Å². The van der Waals surface area contributed by atoms with Crippen LogP contribution in [0, 0.1) is 5.92 Å². The SMILES string of the molecule is O=C(O)[C@H]1CCCN(Cc2ccc(C(F)(F)F)cc2)C1. The van der Waals surface area contributed by atoms with Crippen LogP contribution in [0.15, 0.2) is 24.3 Å². The van der Waals surface area contributed by atoms with Crippen molar-refractivity contribution in [2.45, 2.75) is 25.6 Å². The molecule has 6 heteroatoms. The number of alkyl halides is 3. The summed E-state index contributed by atoms with van der Waals surface area (Å²) >= 11 is 0. The molecule has 0 unspecified atom stereocenters. The maximum absolute atomic E-state index is 12.4. The molecule has 0 radical (unpaired) electrons. The monoisotopic (exact) mass is 287 g/mol. The van der Waals surface area contributed by atoms with Gasteiger partial charge in [0.25, 0.3) is 0 Å². The first kappa shape index (κ1) is 14.8. The van der Waals surface area contributed by atoms with Gasteiger partial charge in [0.15, 0.2) is 0 Å². The van der Waals surface area contributed by atoms with Gasteiger partial charge in [-0.05, 0) is 37.1 Å². The maximum atomic E-state index is 12.4. The van der Waals surface area contributed by atoms with Crippen molar-refractivity contribution in [2.75, 3.05) is 13.1 Å². The molecular formula is C14H16F3NO2. The third-order valence-corrected chi connectivity index (χ3v) is 3.54. The van der Waals surface area contributed by atoms with E-state index in [0.717, 1.165) is 30.7 Å². The fraction of sp³-hybridized carbons (Fsp3) is 0.500. The smallest absolute Gasteiger partial charge is 0.416 e. The maximum Gasteiger partial charge on any atom is 0.416 e. The summed E-state index contributed by atoms with van der Waals surface area (Å²) in [6.07, 6.45) is -2.85. The topological polar surface area (TPSA) is 40.5 Å². The first-order valence-electron chi connectivity index (χ1n) is 6.47. The minimum absolute atomic E-state index is 0.377. The van der Waals surface area contributed by atoms with Gasteiger partial charge in [-0.15, -0.1) is 0 Å².